The maximum Gasteiger partial charge on any atom is 0.329 e. The van der Waals surface area contributed by atoms with Gasteiger partial charge in [0.1, 0.15) is 23.7 Å². The number of nitrogens with two attached hydrogens (primary N) is 1. The van der Waals surface area contributed by atoms with Gasteiger partial charge in [0.25, 0.3) is 0 Å². The molecule has 7 amide bonds. The Bertz CT molecular complexity index is 2840. The van der Waals surface area contributed by atoms with Crippen LogP contribution in [0.5, 0.6) is 0 Å². The lowest BCUT2D eigenvalue weighted by Gasteiger charge is -2.30. The molecular weight excluding hydrogens is 1150 g/mol. The van der Waals surface area contributed by atoms with Gasteiger partial charge < -0.3 is 52.6 Å². The molecule has 1 aromatic heterocycles. The number of Topliss-reactive ketones (excluding diaryl/α,β-unsaturated/α-hetero) is 4. The molecule has 0 radical (unpaired) electrons. The summed E-state index contributed by atoms with van der Waals surface area (Å²) in [5.74, 6) is -16.3. The van der Waals surface area contributed by atoms with Crippen molar-refractivity contribution in [1.29, 1.82) is 0 Å². The van der Waals surface area contributed by atoms with E-state index in [1.54, 1.807) is 59.8 Å². The lowest BCUT2D eigenvalue weighted by atomic mass is 9.83. The van der Waals surface area contributed by atoms with Crippen LogP contribution >= 0.6 is 11.3 Å². The second kappa shape index (κ2) is 34.3. The minimum absolute atomic E-state index is 0.217. The molecule has 23 heteroatoms. The van der Waals surface area contributed by atoms with E-state index in [1.807, 2.05) is 43.5 Å². The number of rotatable bonds is 34. The van der Waals surface area contributed by atoms with Gasteiger partial charge in [0.2, 0.25) is 41.4 Å². The van der Waals surface area contributed by atoms with Crippen molar-refractivity contribution in [2.45, 2.75) is 201 Å². The Kier molecular flexibility index (Phi) is 28.7. The van der Waals surface area contributed by atoms with E-state index in [2.05, 4.69) is 38.5 Å². The van der Waals surface area contributed by atoms with Crippen molar-refractivity contribution in [2.24, 2.45) is 64.9 Å². The first-order valence-electron chi connectivity index (χ1n) is 31.3. The summed E-state index contributed by atoms with van der Waals surface area (Å²) in [6.07, 6.45) is 0.143. The highest BCUT2D eigenvalue weighted by molar-refractivity contribution is 7.17. The van der Waals surface area contributed by atoms with Gasteiger partial charge in [-0.2, -0.15) is 0 Å². The number of benzene rings is 1. The Labute approximate surface area is 521 Å². The first-order chi connectivity index (χ1) is 41.6. The van der Waals surface area contributed by atoms with Crippen LogP contribution in [0, 0.1) is 59.2 Å². The molecule has 1 aromatic carbocycles. The number of hydrogen-bond acceptors (Lipinski definition) is 16. The third-order valence-electron chi connectivity index (χ3n) is 18.3. The summed E-state index contributed by atoms with van der Waals surface area (Å²) in [6, 6.07) is 1.39. The quantitative estimate of drug-likeness (QED) is 0.0340. The number of carbonyl (C=O) groups is 12. The topological polar surface area (TPSA) is 353 Å². The van der Waals surface area contributed by atoms with Crippen LogP contribution in [-0.2, 0) is 68.7 Å². The summed E-state index contributed by atoms with van der Waals surface area (Å²) in [5, 5.41) is 40.7. The van der Waals surface area contributed by atoms with Gasteiger partial charge in [-0.05, 0) is 78.7 Å². The number of nitrogens with one attached hydrogen (secondary N) is 6. The van der Waals surface area contributed by atoms with Crippen LogP contribution in [0.1, 0.15) is 159 Å². The molecule has 2 aliphatic rings. The highest BCUT2D eigenvalue weighted by Crippen LogP contribution is 2.45. The van der Waals surface area contributed by atoms with Gasteiger partial charge >= 0.3 is 5.97 Å². The van der Waals surface area contributed by atoms with Crippen molar-refractivity contribution in [3.05, 3.63) is 47.9 Å². The van der Waals surface area contributed by atoms with E-state index in [0.29, 0.717) is 38.5 Å². The number of esters is 1. The molecule has 4 rings (SSSR count). The van der Waals surface area contributed by atoms with Crippen molar-refractivity contribution in [2.75, 3.05) is 13.2 Å². The largest absolute Gasteiger partial charge is 0.458 e. The fourth-order valence-electron chi connectivity index (χ4n) is 11.2. The SMILES string of the molecule is C=C[C@H]1C[C@]12NC(=O)[C@H](C)CC(=O)[C@H](NC(=O)[C@H](CO)CC(=O)[C@@H](NC(=O)[C@H](CC(=O)[C@@H](CCC(N)=O)NC(=O)[C@H](CO)CC(=O)[C@@H](NC(=O)[C@H](CC)Cc1csc3ccccc13)[C@@H](C)CC)[C@@H](C)CC)[C@@H](C)CC)[C@H](C)OC(=O)[C@H]([C@@H](C)CC)NC2=O. The molecule has 2 aromatic rings. The monoisotopic (exact) mass is 1250 g/mol. The van der Waals surface area contributed by atoms with Crippen molar-refractivity contribution < 1.29 is 72.5 Å². The Morgan fingerprint density at radius 3 is 1.85 bits per heavy atom. The Morgan fingerprint density at radius 2 is 1.32 bits per heavy atom. The minimum atomic E-state index is -1.59. The fraction of sp³-hybridized carbons (Fsp3) is 0.662. The summed E-state index contributed by atoms with van der Waals surface area (Å²) < 4.78 is 6.88. The maximum absolute atomic E-state index is 14.5. The molecule has 10 N–H and O–H groups in total. The minimum Gasteiger partial charge on any atom is -0.458 e. The van der Waals surface area contributed by atoms with Crippen molar-refractivity contribution in [3.63, 3.8) is 0 Å². The number of ether oxygens (including phenoxy) is 1. The van der Waals surface area contributed by atoms with Crippen molar-refractivity contribution in [1.82, 2.24) is 31.9 Å². The molecule has 0 unspecified atom stereocenters. The maximum atomic E-state index is 14.5. The van der Waals surface area contributed by atoms with E-state index in [9.17, 15) is 67.7 Å². The molecule has 88 heavy (non-hydrogen) atoms. The van der Waals surface area contributed by atoms with E-state index in [-0.39, 0.29) is 31.1 Å². The molecule has 1 saturated heterocycles. The molecule has 0 bridgehead atoms. The average molecular weight is 1250 g/mol. The normalized spacial score (nSPS) is 23.6. The lowest BCUT2D eigenvalue weighted by molar-refractivity contribution is -0.157. The molecule has 22 nitrogen and oxygen atoms in total. The number of amides is 7. The molecule has 1 aliphatic carbocycles. The van der Waals surface area contributed by atoms with Gasteiger partial charge in [0.15, 0.2) is 23.1 Å². The summed E-state index contributed by atoms with van der Waals surface area (Å²) in [5.41, 5.74) is 5.13. The molecule has 17 atom stereocenters. The summed E-state index contributed by atoms with van der Waals surface area (Å²) >= 11 is 1.58. The van der Waals surface area contributed by atoms with Crippen LogP contribution in [0.15, 0.2) is 42.3 Å². The van der Waals surface area contributed by atoms with Crippen LogP contribution in [-0.4, -0.2) is 136 Å². The molecule has 488 valence electrons. The molecule has 2 heterocycles. The highest BCUT2D eigenvalue weighted by atomic mass is 32.1. The van der Waals surface area contributed by atoms with E-state index in [1.165, 1.54) is 19.9 Å². The van der Waals surface area contributed by atoms with E-state index < -0.39 is 199 Å². The van der Waals surface area contributed by atoms with Gasteiger partial charge in [-0.15, -0.1) is 17.9 Å². The Balaban J connectivity index is 1.51. The molecule has 1 aliphatic heterocycles. The van der Waals surface area contributed by atoms with E-state index in [4.69, 9.17) is 10.5 Å². The van der Waals surface area contributed by atoms with E-state index in [0.717, 1.165) is 15.6 Å². The number of ketones is 4. The predicted molar refractivity (Wildman–Crippen MR) is 332 cm³/mol. The van der Waals surface area contributed by atoms with Gasteiger partial charge in [-0.1, -0.05) is 119 Å². The average Bonchev–Trinajstić information content (AvgIpc) is 2.47. The zero-order valence-electron chi connectivity index (χ0n) is 53.2. The number of carbonyl (C=O) groups excluding carboxylic acids is 12. The van der Waals surface area contributed by atoms with Crippen LogP contribution in [0.2, 0.25) is 0 Å². The molecule has 1 spiro atoms. The fourth-order valence-corrected chi connectivity index (χ4v) is 12.1. The summed E-state index contributed by atoms with van der Waals surface area (Å²) in [6.45, 7) is 20.9. The number of primary amides is 1. The number of aliphatic hydroxyl groups is 2. The van der Waals surface area contributed by atoms with E-state index >= 15 is 0 Å². The number of aliphatic hydroxyl groups excluding tert-OH is 2. The van der Waals surface area contributed by atoms with Gasteiger partial charge in [0, 0.05) is 60.5 Å². The van der Waals surface area contributed by atoms with Gasteiger partial charge in [-0.25, -0.2) is 4.79 Å². The lowest BCUT2D eigenvalue weighted by Crippen LogP contribution is -2.57. The highest BCUT2D eigenvalue weighted by Gasteiger charge is 2.61. The zero-order chi connectivity index (χ0) is 65.9. The van der Waals surface area contributed by atoms with Gasteiger partial charge in [0.05, 0.1) is 43.2 Å². The summed E-state index contributed by atoms with van der Waals surface area (Å²) in [4.78, 5) is 167. The van der Waals surface area contributed by atoms with Crippen LogP contribution < -0.4 is 37.6 Å². The second-order valence-electron chi connectivity index (χ2n) is 24.7. The summed E-state index contributed by atoms with van der Waals surface area (Å²) in [7, 11) is 0. The zero-order valence-corrected chi connectivity index (χ0v) is 54.0. The second-order valence-corrected chi connectivity index (χ2v) is 25.6. The van der Waals surface area contributed by atoms with Crippen LogP contribution in [0.3, 0.4) is 0 Å². The standard InChI is InChI=1S/C65H97N7O15S/c1-13-34(7)46(29-48(75)47(23-24-53(66)79)67-60(82)41(31-73)27-50(77)54(35(8)14-2)68-59(81)40(17-5)26-43-33-88-52-22-20-19-21-45(43)52)62(84)69-55(36(9)15-3)51(78)28-42(32-74)61(83)70-57-39(12)87-63(85)56(37(10)16-4)71-64(86)65(30-44(65)18-6)72-58(80)38(11)25-49(57)76/h18-22,33-42,44,46-47,54-57,73-74H,6,13-17,23-32H2,1-5,7-12H3,(H2,66,79)(H,67,82)(H,68,81)(H,69,84)(H,70,83)(H,71,86)(H,72,80)/t34-,35-,36-,37-,38+,39-,40+,41-,42-,44-,46+,47+,54-,55-,56-,57+,65-/m0/s1. The first kappa shape index (κ1) is 73.7. The molecule has 2 fully saturated rings. The van der Waals surface area contributed by atoms with Crippen LogP contribution in [0.25, 0.3) is 10.1 Å². The van der Waals surface area contributed by atoms with Crippen molar-refractivity contribution >= 4 is 91.9 Å². The first-order valence-corrected chi connectivity index (χ1v) is 32.2. The Hall–Kier alpha value is -6.72. The Morgan fingerprint density at radius 1 is 0.750 bits per heavy atom. The van der Waals surface area contributed by atoms with Gasteiger partial charge in [-0.3, -0.25) is 52.7 Å². The predicted octanol–water partition coefficient (Wildman–Crippen LogP) is 4.66. The smallest absolute Gasteiger partial charge is 0.329 e. The van der Waals surface area contributed by atoms with Crippen molar-refractivity contribution in [3.8, 4) is 0 Å². The number of thiophene rings is 1. The third kappa shape index (κ3) is 19.4. The number of hydrogen-bond donors (Lipinski definition) is 9. The molecule has 1 saturated carbocycles. The molecular formula is C65H97N7O15S. The number of fused-ring (bicyclic) bond motifs is 1. The number of cyclic esters (lactones) is 1. The van der Waals surface area contributed by atoms with Crippen LogP contribution in [0.4, 0.5) is 0 Å². The third-order valence-corrected chi connectivity index (χ3v) is 19.3.